The quantitative estimate of drug-likeness (QED) is 0.585. The van der Waals surface area contributed by atoms with Crippen molar-refractivity contribution in [1.82, 2.24) is 10.6 Å². The lowest BCUT2D eigenvalue weighted by Crippen LogP contribution is -2.38. The highest BCUT2D eigenvalue weighted by Crippen LogP contribution is 2.29. The third-order valence-corrected chi connectivity index (χ3v) is 3.10. The summed E-state index contributed by atoms with van der Waals surface area (Å²) in [4.78, 5) is 20.8. The standard InChI is InChI=1S/C10H18N2O4/c13-9(14)11-5-7-3-1-2-4-8(7)6-12-10(15)16/h7-8,11-12H,1-6H2,(H,13,14)(H,15,16)/t7-,8-/m0/s1. The Morgan fingerprint density at radius 2 is 1.31 bits per heavy atom. The van der Waals surface area contributed by atoms with Gasteiger partial charge in [-0.3, -0.25) is 0 Å². The van der Waals surface area contributed by atoms with Crippen LogP contribution < -0.4 is 10.6 Å². The third kappa shape index (κ3) is 4.37. The molecular weight excluding hydrogens is 212 g/mol. The Morgan fingerprint density at radius 1 is 0.938 bits per heavy atom. The van der Waals surface area contributed by atoms with Crippen LogP contribution in [0.25, 0.3) is 0 Å². The lowest BCUT2D eigenvalue weighted by atomic mass is 9.79. The Bertz CT molecular complexity index is 231. The van der Waals surface area contributed by atoms with Gasteiger partial charge in [-0.05, 0) is 24.7 Å². The van der Waals surface area contributed by atoms with Crippen LogP contribution in [-0.2, 0) is 0 Å². The molecule has 0 unspecified atom stereocenters. The van der Waals surface area contributed by atoms with E-state index in [1.807, 2.05) is 0 Å². The van der Waals surface area contributed by atoms with Crippen molar-refractivity contribution < 1.29 is 19.8 Å². The Balaban J connectivity index is 2.37. The molecule has 0 saturated heterocycles. The van der Waals surface area contributed by atoms with Crippen LogP contribution in [0.2, 0.25) is 0 Å². The fourth-order valence-electron chi connectivity index (χ4n) is 2.26. The maximum atomic E-state index is 10.4. The van der Waals surface area contributed by atoms with Gasteiger partial charge in [-0.1, -0.05) is 12.8 Å². The van der Waals surface area contributed by atoms with E-state index in [1.54, 1.807) is 0 Å². The number of hydrogen-bond donors (Lipinski definition) is 4. The van der Waals surface area contributed by atoms with Crippen molar-refractivity contribution in [2.75, 3.05) is 13.1 Å². The zero-order chi connectivity index (χ0) is 12.0. The maximum Gasteiger partial charge on any atom is 0.404 e. The summed E-state index contributed by atoms with van der Waals surface area (Å²) in [6.45, 7) is 0.836. The van der Waals surface area contributed by atoms with Crippen molar-refractivity contribution in [2.24, 2.45) is 11.8 Å². The molecule has 0 aromatic rings. The van der Waals surface area contributed by atoms with Crippen LogP contribution in [0.4, 0.5) is 9.59 Å². The molecule has 2 amide bonds. The summed E-state index contributed by atoms with van der Waals surface area (Å²) in [5, 5.41) is 21.8. The van der Waals surface area contributed by atoms with Gasteiger partial charge >= 0.3 is 12.2 Å². The van der Waals surface area contributed by atoms with E-state index in [-0.39, 0.29) is 11.8 Å². The normalized spacial score (nSPS) is 24.8. The molecule has 2 atom stereocenters. The molecule has 0 spiro atoms. The minimum Gasteiger partial charge on any atom is -0.465 e. The highest BCUT2D eigenvalue weighted by atomic mass is 16.4. The van der Waals surface area contributed by atoms with Gasteiger partial charge in [0.05, 0.1) is 0 Å². The van der Waals surface area contributed by atoms with Crippen molar-refractivity contribution in [2.45, 2.75) is 25.7 Å². The van der Waals surface area contributed by atoms with Gasteiger partial charge in [0.15, 0.2) is 0 Å². The van der Waals surface area contributed by atoms with Gasteiger partial charge in [-0.15, -0.1) is 0 Å². The zero-order valence-electron chi connectivity index (χ0n) is 9.11. The average molecular weight is 230 g/mol. The van der Waals surface area contributed by atoms with Crippen LogP contribution in [0.5, 0.6) is 0 Å². The monoisotopic (exact) mass is 230 g/mol. The Hall–Kier alpha value is -1.46. The van der Waals surface area contributed by atoms with Crippen LogP contribution in [0, 0.1) is 11.8 Å². The molecule has 0 radical (unpaired) electrons. The number of hydrogen-bond acceptors (Lipinski definition) is 2. The average Bonchev–Trinajstić information content (AvgIpc) is 2.24. The lowest BCUT2D eigenvalue weighted by molar-refractivity contribution is 0.172. The van der Waals surface area contributed by atoms with E-state index >= 15 is 0 Å². The SMILES string of the molecule is O=C(O)NC[C@@H]1CCCC[C@H]1CNC(=O)O. The number of amides is 2. The molecule has 16 heavy (non-hydrogen) atoms. The topological polar surface area (TPSA) is 98.7 Å². The molecule has 6 nitrogen and oxygen atoms in total. The van der Waals surface area contributed by atoms with Crippen molar-refractivity contribution >= 4 is 12.2 Å². The van der Waals surface area contributed by atoms with Gasteiger partial charge in [-0.25, -0.2) is 9.59 Å². The van der Waals surface area contributed by atoms with E-state index in [4.69, 9.17) is 10.2 Å². The Morgan fingerprint density at radius 3 is 1.62 bits per heavy atom. The van der Waals surface area contributed by atoms with Crippen LogP contribution in [0.3, 0.4) is 0 Å². The molecule has 0 aliphatic heterocycles. The van der Waals surface area contributed by atoms with Crippen LogP contribution in [0.1, 0.15) is 25.7 Å². The largest absolute Gasteiger partial charge is 0.465 e. The lowest BCUT2D eigenvalue weighted by Gasteiger charge is -2.31. The van der Waals surface area contributed by atoms with Crippen molar-refractivity contribution in [3.63, 3.8) is 0 Å². The Labute approximate surface area is 94.0 Å². The first-order valence-corrected chi connectivity index (χ1v) is 5.53. The molecule has 1 aliphatic rings. The van der Waals surface area contributed by atoms with Gasteiger partial charge in [0, 0.05) is 13.1 Å². The summed E-state index contributed by atoms with van der Waals surface area (Å²) in [5.41, 5.74) is 0. The first-order chi connectivity index (χ1) is 7.59. The van der Waals surface area contributed by atoms with Gasteiger partial charge in [0.2, 0.25) is 0 Å². The third-order valence-electron chi connectivity index (χ3n) is 3.10. The maximum absolute atomic E-state index is 10.4. The highest BCUT2D eigenvalue weighted by molar-refractivity contribution is 5.64. The van der Waals surface area contributed by atoms with Gasteiger partial charge < -0.3 is 20.8 Å². The fraction of sp³-hybridized carbons (Fsp3) is 0.800. The summed E-state index contributed by atoms with van der Waals surface area (Å²) < 4.78 is 0. The first-order valence-electron chi connectivity index (χ1n) is 5.53. The zero-order valence-corrected chi connectivity index (χ0v) is 9.11. The van der Waals surface area contributed by atoms with Crippen molar-refractivity contribution in [3.8, 4) is 0 Å². The molecule has 1 saturated carbocycles. The summed E-state index contributed by atoms with van der Waals surface area (Å²) >= 11 is 0. The second-order valence-electron chi connectivity index (χ2n) is 4.18. The van der Waals surface area contributed by atoms with Gasteiger partial charge in [0.25, 0.3) is 0 Å². The second-order valence-corrected chi connectivity index (χ2v) is 4.18. The van der Waals surface area contributed by atoms with Crippen molar-refractivity contribution in [1.29, 1.82) is 0 Å². The highest BCUT2D eigenvalue weighted by Gasteiger charge is 2.25. The summed E-state index contributed by atoms with van der Waals surface area (Å²) in [7, 11) is 0. The molecule has 1 rings (SSSR count). The molecule has 1 fully saturated rings. The van der Waals surface area contributed by atoms with Gasteiger partial charge in [0.1, 0.15) is 0 Å². The molecule has 0 bridgehead atoms. The fourth-order valence-corrected chi connectivity index (χ4v) is 2.26. The molecule has 1 aliphatic carbocycles. The molecule has 0 aromatic heterocycles. The summed E-state index contributed by atoms with van der Waals surface area (Å²) in [6, 6.07) is 0. The van der Waals surface area contributed by atoms with Crippen LogP contribution in [0.15, 0.2) is 0 Å². The smallest absolute Gasteiger partial charge is 0.404 e. The second kappa shape index (κ2) is 6.19. The van der Waals surface area contributed by atoms with Gasteiger partial charge in [-0.2, -0.15) is 0 Å². The molecule has 4 N–H and O–H groups in total. The molecule has 92 valence electrons. The molecular formula is C10H18N2O4. The molecule has 0 heterocycles. The van der Waals surface area contributed by atoms with E-state index in [1.165, 1.54) is 0 Å². The first kappa shape index (κ1) is 12.6. The van der Waals surface area contributed by atoms with E-state index in [9.17, 15) is 9.59 Å². The summed E-state index contributed by atoms with van der Waals surface area (Å²) in [5.74, 6) is 0.494. The van der Waals surface area contributed by atoms with E-state index in [0.29, 0.717) is 13.1 Å². The predicted molar refractivity (Wildman–Crippen MR) is 57.5 cm³/mol. The minimum atomic E-state index is -1.02. The van der Waals surface area contributed by atoms with Crippen LogP contribution >= 0.6 is 0 Å². The number of carbonyl (C=O) groups is 2. The number of carboxylic acid groups (broad SMARTS) is 2. The number of nitrogens with one attached hydrogen (secondary N) is 2. The molecule has 0 aromatic carbocycles. The van der Waals surface area contributed by atoms with Crippen LogP contribution in [-0.4, -0.2) is 35.5 Å². The molecule has 6 heteroatoms. The van der Waals surface area contributed by atoms with E-state index in [2.05, 4.69) is 10.6 Å². The number of rotatable bonds is 4. The van der Waals surface area contributed by atoms with E-state index < -0.39 is 12.2 Å². The predicted octanol–water partition coefficient (Wildman–Crippen LogP) is 1.33. The Kier molecular flexibility index (Phi) is 4.88. The van der Waals surface area contributed by atoms with Crippen molar-refractivity contribution in [3.05, 3.63) is 0 Å². The summed E-state index contributed by atoms with van der Waals surface area (Å²) in [6.07, 6.45) is 2.08. The minimum absolute atomic E-state index is 0.247. The van der Waals surface area contributed by atoms with E-state index in [0.717, 1.165) is 25.7 Å².